The monoisotopic (exact) mass is 247 g/mol. The summed E-state index contributed by atoms with van der Waals surface area (Å²) in [6.45, 7) is 4.37. The number of piperidine rings is 1. The molecule has 2 nitrogen and oxygen atoms in total. The smallest absolute Gasteiger partial charge is 0.227 e. The van der Waals surface area contributed by atoms with E-state index in [9.17, 15) is 4.79 Å². The molecule has 2 aliphatic rings. The highest BCUT2D eigenvalue weighted by Crippen LogP contribution is 2.47. The Morgan fingerprint density at radius 3 is 2.56 bits per heavy atom. The highest BCUT2D eigenvalue weighted by atomic mass is 16.2. The fraction of sp³-hybridized carbons (Fsp3) is 0.562. The summed E-state index contributed by atoms with van der Waals surface area (Å²) in [7, 11) is 0. The van der Waals surface area contributed by atoms with Crippen LogP contribution < -0.4 is 4.90 Å². The number of carbonyl (C=O) groups is 1. The lowest BCUT2D eigenvalue weighted by molar-refractivity contribution is -0.117. The predicted octanol–water partition coefficient (Wildman–Crippen LogP) is 4.21. The summed E-state index contributed by atoms with van der Waals surface area (Å²) in [5.74, 6) is 1.48. The number of hydrogen-bond acceptors (Lipinski definition) is 1. The Kier molecular flexibility index (Phi) is 4.20. The van der Waals surface area contributed by atoms with Crippen LogP contribution in [0.4, 0.5) is 5.69 Å². The standard InChI is InChI=1S/C14H17NO.2CH4/c1-9(2)10-4-3-5-12(6-10)15-13-7-11(13)8-14(15)16;;/h3-6,9,11,13H,7-8H2,1-2H3;2*1H4. The molecule has 1 aliphatic carbocycles. The zero-order chi connectivity index (χ0) is 11.3. The first kappa shape index (κ1) is 14.7. The molecule has 0 radical (unpaired) electrons. The van der Waals surface area contributed by atoms with Crippen molar-refractivity contribution in [1.29, 1.82) is 0 Å². The highest BCUT2D eigenvalue weighted by molar-refractivity contribution is 5.98. The van der Waals surface area contributed by atoms with Crippen LogP contribution in [-0.2, 0) is 4.79 Å². The molecule has 18 heavy (non-hydrogen) atoms. The Labute approximate surface area is 111 Å². The van der Waals surface area contributed by atoms with Gasteiger partial charge in [-0.25, -0.2) is 0 Å². The topological polar surface area (TPSA) is 20.3 Å². The van der Waals surface area contributed by atoms with Gasteiger partial charge in [0.25, 0.3) is 0 Å². The average Bonchev–Trinajstić information content (AvgIpc) is 2.91. The molecule has 1 aromatic carbocycles. The van der Waals surface area contributed by atoms with E-state index in [0.29, 0.717) is 23.8 Å². The van der Waals surface area contributed by atoms with E-state index in [1.165, 1.54) is 12.0 Å². The maximum absolute atomic E-state index is 11.8. The summed E-state index contributed by atoms with van der Waals surface area (Å²) in [5, 5.41) is 0. The fourth-order valence-electron chi connectivity index (χ4n) is 2.64. The van der Waals surface area contributed by atoms with Gasteiger partial charge in [-0.2, -0.15) is 0 Å². The van der Waals surface area contributed by atoms with Gasteiger partial charge in [0.05, 0.1) is 0 Å². The Morgan fingerprint density at radius 2 is 2.00 bits per heavy atom. The largest absolute Gasteiger partial charge is 0.309 e. The molecule has 2 unspecified atom stereocenters. The van der Waals surface area contributed by atoms with Crippen molar-refractivity contribution < 1.29 is 4.79 Å². The van der Waals surface area contributed by atoms with Crippen LogP contribution in [-0.4, -0.2) is 11.9 Å². The molecule has 0 spiro atoms. The van der Waals surface area contributed by atoms with E-state index >= 15 is 0 Å². The van der Waals surface area contributed by atoms with Crippen LogP contribution in [0, 0.1) is 5.92 Å². The summed E-state index contributed by atoms with van der Waals surface area (Å²) in [6, 6.07) is 8.94. The molecule has 1 heterocycles. The van der Waals surface area contributed by atoms with Crippen molar-refractivity contribution in [2.45, 2.75) is 53.5 Å². The minimum absolute atomic E-state index is 0. The van der Waals surface area contributed by atoms with E-state index in [-0.39, 0.29) is 14.9 Å². The molecule has 0 aromatic heterocycles. The maximum Gasteiger partial charge on any atom is 0.227 e. The molecule has 100 valence electrons. The van der Waals surface area contributed by atoms with Crippen molar-refractivity contribution in [1.82, 2.24) is 0 Å². The molecule has 3 rings (SSSR count). The zero-order valence-corrected chi connectivity index (χ0v) is 9.81. The Morgan fingerprint density at radius 1 is 1.28 bits per heavy atom. The van der Waals surface area contributed by atoms with Crippen LogP contribution >= 0.6 is 0 Å². The maximum atomic E-state index is 11.8. The molecule has 0 N–H and O–H groups in total. The van der Waals surface area contributed by atoms with E-state index in [1.54, 1.807) is 0 Å². The van der Waals surface area contributed by atoms with Crippen molar-refractivity contribution in [2.24, 2.45) is 5.92 Å². The predicted molar refractivity (Wildman–Crippen MR) is 78.0 cm³/mol. The van der Waals surface area contributed by atoms with Gasteiger partial charge in [-0.05, 0) is 36.0 Å². The van der Waals surface area contributed by atoms with Gasteiger partial charge in [0.2, 0.25) is 5.91 Å². The molecule has 1 aliphatic heterocycles. The minimum atomic E-state index is 0. The van der Waals surface area contributed by atoms with Gasteiger partial charge in [-0.1, -0.05) is 40.8 Å². The number of rotatable bonds is 2. The lowest BCUT2D eigenvalue weighted by atomic mass is 10.0. The molecular formula is C16H25NO. The molecule has 1 amide bonds. The number of fused-ring (bicyclic) bond motifs is 1. The third kappa shape index (κ3) is 2.29. The Hall–Kier alpha value is -1.31. The quantitative estimate of drug-likeness (QED) is 0.766. The molecule has 2 atom stereocenters. The second kappa shape index (κ2) is 5.13. The Bertz CT molecular complexity index is 438. The van der Waals surface area contributed by atoms with Crippen LogP contribution in [0.15, 0.2) is 24.3 Å². The summed E-state index contributed by atoms with van der Waals surface area (Å²) >= 11 is 0. The van der Waals surface area contributed by atoms with Crippen LogP contribution in [0.5, 0.6) is 0 Å². The van der Waals surface area contributed by atoms with Crippen LogP contribution in [0.2, 0.25) is 0 Å². The van der Waals surface area contributed by atoms with E-state index in [1.807, 2.05) is 4.90 Å². The fourth-order valence-corrected chi connectivity index (χ4v) is 2.64. The van der Waals surface area contributed by atoms with E-state index in [0.717, 1.165) is 12.1 Å². The SMILES string of the molecule is C.C.CC(C)c1cccc(N2C(=O)CC3CC32)c1. The number of hydrogen-bond donors (Lipinski definition) is 0. The minimum Gasteiger partial charge on any atom is -0.309 e. The van der Waals surface area contributed by atoms with E-state index in [4.69, 9.17) is 0 Å². The van der Waals surface area contributed by atoms with Crippen molar-refractivity contribution >= 4 is 11.6 Å². The molecule has 0 bridgehead atoms. The molecule has 1 aromatic rings. The summed E-state index contributed by atoms with van der Waals surface area (Å²) in [4.78, 5) is 13.8. The summed E-state index contributed by atoms with van der Waals surface area (Å²) in [5.41, 5.74) is 2.41. The molecule has 2 fully saturated rings. The number of amides is 1. The van der Waals surface area contributed by atoms with Crippen molar-refractivity contribution in [3.63, 3.8) is 0 Å². The lowest BCUT2D eigenvalue weighted by Crippen LogP contribution is -2.27. The van der Waals surface area contributed by atoms with Gasteiger partial charge in [0, 0.05) is 18.2 Å². The first-order valence-corrected chi connectivity index (χ1v) is 6.09. The normalized spacial score (nSPS) is 24.4. The van der Waals surface area contributed by atoms with Gasteiger partial charge in [0.15, 0.2) is 0 Å². The number of anilines is 1. The van der Waals surface area contributed by atoms with Crippen molar-refractivity contribution in [2.75, 3.05) is 4.90 Å². The Balaban J connectivity index is 0.000000810. The van der Waals surface area contributed by atoms with Crippen molar-refractivity contribution in [3.8, 4) is 0 Å². The van der Waals surface area contributed by atoms with Gasteiger partial charge >= 0.3 is 0 Å². The summed E-state index contributed by atoms with van der Waals surface area (Å²) in [6.07, 6.45) is 1.97. The first-order valence-electron chi connectivity index (χ1n) is 6.09. The van der Waals surface area contributed by atoms with Crippen LogP contribution in [0.25, 0.3) is 0 Å². The molecule has 1 saturated carbocycles. The first-order chi connectivity index (χ1) is 7.66. The second-order valence-electron chi connectivity index (χ2n) is 5.28. The van der Waals surface area contributed by atoms with Gasteiger partial charge in [0.1, 0.15) is 0 Å². The lowest BCUT2D eigenvalue weighted by Gasteiger charge is -2.20. The summed E-state index contributed by atoms with van der Waals surface area (Å²) < 4.78 is 0. The molecule has 2 heteroatoms. The van der Waals surface area contributed by atoms with Gasteiger partial charge < -0.3 is 4.90 Å². The second-order valence-corrected chi connectivity index (χ2v) is 5.28. The van der Waals surface area contributed by atoms with E-state index < -0.39 is 0 Å². The number of nitrogens with zero attached hydrogens (tertiary/aromatic N) is 1. The van der Waals surface area contributed by atoms with Crippen molar-refractivity contribution in [3.05, 3.63) is 29.8 Å². The van der Waals surface area contributed by atoms with Crippen LogP contribution in [0.1, 0.15) is 53.0 Å². The van der Waals surface area contributed by atoms with Gasteiger partial charge in [-0.15, -0.1) is 0 Å². The number of benzene rings is 1. The third-order valence-electron chi connectivity index (χ3n) is 3.74. The zero-order valence-electron chi connectivity index (χ0n) is 9.81. The number of carbonyl (C=O) groups excluding carboxylic acids is 1. The highest BCUT2D eigenvalue weighted by Gasteiger charge is 2.51. The average molecular weight is 247 g/mol. The molecular weight excluding hydrogens is 222 g/mol. The molecule has 1 saturated heterocycles. The van der Waals surface area contributed by atoms with E-state index in [2.05, 4.69) is 38.1 Å². The van der Waals surface area contributed by atoms with Gasteiger partial charge in [-0.3, -0.25) is 4.79 Å². The third-order valence-corrected chi connectivity index (χ3v) is 3.74. The van der Waals surface area contributed by atoms with Crippen LogP contribution in [0.3, 0.4) is 0 Å².